The predicted octanol–water partition coefficient (Wildman–Crippen LogP) is 4.24. The molecule has 3 nitrogen and oxygen atoms in total. The number of anilines is 2. The van der Waals surface area contributed by atoms with Crippen molar-refractivity contribution < 1.29 is 4.79 Å². The average Bonchev–Trinajstić information content (AvgIpc) is 2.44. The summed E-state index contributed by atoms with van der Waals surface area (Å²) >= 11 is 3.33. The Hall–Kier alpha value is -1.81. The topological polar surface area (TPSA) is 55.1 Å². The van der Waals surface area contributed by atoms with Crippen molar-refractivity contribution in [1.29, 1.82) is 0 Å². The fraction of sp³-hybridized carbons (Fsp3) is 0.188. The minimum absolute atomic E-state index is 0.130. The van der Waals surface area contributed by atoms with Gasteiger partial charge in [0.15, 0.2) is 0 Å². The summed E-state index contributed by atoms with van der Waals surface area (Å²) < 4.78 is 0.729. The summed E-state index contributed by atoms with van der Waals surface area (Å²) in [5.74, 6) is -0.130. The quantitative estimate of drug-likeness (QED) is 0.823. The Balaban J connectivity index is 2.21. The molecule has 1 amide bonds. The fourth-order valence-corrected chi connectivity index (χ4v) is 2.37. The Bertz CT molecular complexity index is 626. The van der Waals surface area contributed by atoms with Gasteiger partial charge in [-0.3, -0.25) is 4.79 Å². The van der Waals surface area contributed by atoms with Crippen molar-refractivity contribution in [2.45, 2.75) is 19.8 Å². The minimum atomic E-state index is -0.130. The molecule has 0 saturated heterocycles. The summed E-state index contributed by atoms with van der Waals surface area (Å²) in [6, 6.07) is 13.0. The van der Waals surface area contributed by atoms with Crippen LogP contribution in [-0.2, 0) is 6.42 Å². The molecule has 2 aromatic rings. The van der Waals surface area contributed by atoms with Gasteiger partial charge in [-0.2, -0.15) is 0 Å². The second-order valence-corrected chi connectivity index (χ2v) is 5.45. The van der Waals surface area contributed by atoms with Crippen LogP contribution in [0.5, 0.6) is 0 Å². The highest BCUT2D eigenvalue weighted by Gasteiger charge is 2.09. The standard InChI is InChI=1S/C16H17BrN2O/c1-2-5-11-6-3-4-7-15(11)19-16(20)12-8-9-14(18)13(17)10-12/h3-4,6-10H,2,5,18H2,1H3,(H,19,20). The lowest BCUT2D eigenvalue weighted by Crippen LogP contribution is -2.13. The van der Waals surface area contributed by atoms with E-state index in [1.165, 1.54) is 0 Å². The van der Waals surface area contributed by atoms with Gasteiger partial charge in [0.05, 0.1) is 0 Å². The number of carbonyl (C=O) groups is 1. The van der Waals surface area contributed by atoms with Gasteiger partial charge in [0.1, 0.15) is 0 Å². The van der Waals surface area contributed by atoms with Crippen LogP contribution in [0, 0.1) is 0 Å². The van der Waals surface area contributed by atoms with Crippen LogP contribution in [0.4, 0.5) is 11.4 Å². The van der Waals surface area contributed by atoms with E-state index in [1.54, 1.807) is 18.2 Å². The highest BCUT2D eigenvalue weighted by molar-refractivity contribution is 9.10. The zero-order valence-corrected chi connectivity index (χ0v) is 12.9. The molecule has 2 aromatic carbocycles. The molecular weight excluding hydrogens is 316 g/mol. The monoisotopic (exact) mass is 332 g/mol. The molecule has 104 valence electrons. The summed E-state index contributed by atoms with van der Waals surface area (Å²) in [5, 5.41) is 2.96. The van der Waals surface area contributed by atoms with E-state index in [-0.39, 0.29) is 5.91 Å². The third-order valence-corrected chi connectivity index (χ3v) is 3.73. The maximum atomic E-state index is 12.3. The van der Waals surface area contributed by atoms with Crippen LogP contribution in [-0.4, -0.2) is 5.91 Å². The van der Waals surface area contributed by atoms with Gasteiger partial charge in [-0.05, 0) is 52.2 Å². The van der Waals surface area contributed by atoms with Gasteiger partial charge >= 0.3 is 0 Å². The van der Waals surface area contributed by atoms with Crippen LogP contribution in [0.2, 0.25) is 0 Å². The van der Waals surface area contributed by atoms with Crippen molar-refractivity contribution in [3.63, 3.8) is 0 Å². The van der Waals surface area contributed by atoms with Crippen LogP contribution in [0.3, 0.4) is 0 Å². The van der Waals surface area contributed by atoms with Gasteiger partial charge in [-0.1, -0.05) is 31.5 Å². The molecule has 0 radical (unpaired) electrons. The van der Waals surface area contributed by atoms with Crippen molar-refractivity contribution in [3.8, 4) is 0 Å². The number of halogens is 1. The number of rotatable bonds is 4. The molecule has 0 fully saturated rings. The lowest BCUT2D eigenvalue weighted by molar-refractivity contribution is 0.102. The van der Waals surface area contributed by atoms with E-state index in [4.69, 9.17) is 5.73 Å². The predicted molar refractivity (Wildman–Crippen MR) is 86.9 cm³/mol. The van der Waals surface area contributed by atoms with Gasteiger partial charge in [0.2, 0.25) is 0 Å². The van der Waals surface area contributed by atoms with Crippen LogP contribution in [0.15, 0.2) is 46.9 Å². The zero-order chi connectivity index (χ0) is 14.5. The van der Waals surface area contributed by atoms with Crippen molar-refractivity contribution >= 4 is 33.2 Å². The molecule has 0 spiro atoms. The van der Waals surface area contributed by atoms with E-state index >= 15 is 0 Å². The number of nitrogens with one attached hydrogen (secondary N) is 1. The Labute approximate surface area is 127 Å². The Morgan fingerprint density at radius 2 is 2.00 bits per heavy atom. The van der Waals surface area contributed by atoms with E-state index in [9.17, 15) is 4.79 Å². The number of hydrogen-bond donors (Lipinski definition) is 2. The summed E-state index contributed by atoms with van der Waals surface area (Å²) in [7, 11) is 0. The lowest BCUT2D eigenvalue weighted by atomic mass is 10.1. The van der Waals surface area contributed by atoms with Gasteiger partial charge in [0, 0.05) is 21.4 Å². The molecule has 20 heavy (non-hydrogen) atoms. The largest absolute Gasteiger partial charge is 0.398 e. The van der Waals surface area contributed by atoms with Gasteiger partial charge in [-0.15, -0.1) is 0 Å². The normalized spacial score (nSPS) is 10.3. The average molecular weight is 333 g/mol. The van der Waals surface area contributed by atoms with Gasteiger partial charge < -0.3 is 11.1 Å². The first-order chi connectivity index (χ1) is 9.61. The molecule has 0 heterocycles. The van der Waals surface area contributed by atoms with Gasteiger partial charge in [-0.25, -0.2) is 0 Å². The molecular formula is C16H17BrN2O. The van der Waals surface area contributed by atoms with E-state index < -0.39 is 0 Å². The molecule has 0 aromatic heterocycles. The maximum Gasteiger partial charge on any atom is 0.255 e. The second kappa shape index (κ2) is 6.57. The summed E-state index contributed by atoms with van der Waals surface area (Å²) in [4.78, 5) is 12.3. The molecule has 4 heteroatoms. The summed E-state index contributed by atoms with van der Waals surface area (Å²) in [6.45, 7) is 2.12. The SMILES string of the molecule is CCCc1ccccc1NC(=O)c1ccc(N)c(Br)c1. The number of aryl methyl sites for hydroxylation is 1. The molecule has 3 N–H and O–H groups in total. The molecule has 0 unspecified atom stereocenters. The highest BCUT2D eigenvalue weighted by atomic mass is 79.9. The van der Waals surface area contributed by atoms with Crippen molar-refractivity contribution in [2.75, 3.05) is 11.1 Å². The summed E-state index contributed by atoms with van der Waals surface area (Å²) in [6.07, 6.45) is 1.99. The van der Waals surface area contributed by atoms with Gasteiger partial charge in [0.25, 0.3) is 5.91 Å². The smallest absolute Gasteiger partial charge is 0.255 e. The third-order valence-electron chi connectivity index (χ3n) is 3.05. The van der Waals surface area contributed by atoms with Crippen molar-refractivity contribution in [3.05, 3.63) is 58.1 Å². The Kier molecular flexibility index (Phi) is 4.79. The number of nitrogen functional groups attached to an aromatic ring is 1. The molecule has 0 aliphatic heterocycles. The highest BCUT2D eigenvalue weighted by Crippen LogP contribution is 2.22. The van der Waals surface area contributed by atoms with Crippen LogP contribution in [0.25, 0.3) is 0 Å². The Morgan fingerprint density at radius 3 is 2.70 bits per heavy atom. The second-order valence-electron chi connectivity index (χ2n) is 4.60. The van der Waals surface area contributed by atoms with E-state index in [1.807, 2.05) is 24.3 Å². The number of benzene rings is 2. The van der Waals surface area contributed by atoms with E-state index in [2.05, 4.69) is 28.2 Å². The third kappa shape index (κ3) is 3.39. The number of hydrogen-bond acceptors (Lipinski definition) is 2. The number of para-hydroxylation sites is 1. The van der Waals surface area contributed by atoms with Crippen molar-refractivity contribution in [2.24, 2.45) is 0 Å². The van der Waals surface area contributed by atoms with Crippen LogP contribution in [0.1, 0.15) is 29.3 Å². The van der Waals surface area contributed by atoms with Crippen molar-refractivity contribution in [1.82, 2.24) is 0 Å². The molecule has 0 atom stereocenters. The number of nitrogens with two attached hydrogens (primary N) is 1. The molecule has 0 aliphatic rings. The summed E-state index contributed by atoms with van der Waals surface area (Å²) in [5.41, 5.74) is 8.94. The van der Waals surface area contributed by atoms with E-state index in [0.717, 1.165) is 28.6 Å². The lowest BCUT2D eigenvalue weighted by Gasteiger charge is -2.11. The first kappa shape index (κ1) is 14.6. The zero-order valence-electron chi connectivity index (χ0n) is 11.3. The minimum Gasteiger partial charge on any atom is -0.398 e. The fourth-order valence-electron chi connectivity index (χ4n) is 1.99. The first-order valence-electron chi connectivity index (χ1n) is 6.56. The maximum absolute atomic E-state index is 12.3. The first-order valence-corrected chi connectivity index (χ1v) is 7.35. The van der Waals surface area contributed by atoms with Crippen LogP contribution < -0.4 is 11.1 Å². The Morgan fingerprint density at radius 1 is 1.25 bits per heavy atom. The number of carbonyl (C=O) groups excluding carboxylic acids is 1. The number of amides is 1. The molecule has 0 aliphatic carbocycles. The molecule has 0 saturated carbocycles. The van der Waals surface area contributed by atoms with E-state index in [0.29, 0.717) is 11.3 Å². The molecule has 0 bridgehead atoms. The molecule has 2 rings (SSSR count). The van der Waals surface area contributed by atoms with Crippen LogP contribution >= 0.6 is 15.9 Å².